The van der Waals surface area contributed by atoms with Crippen molar-refractivity contribution >= 4 is 0 Å². The fraction of sp³-hybridized carbons (Fsp3) is 1.00. The van der Waals surface area contributed by atoms with Gasteiger partial charge in [-0.05, 0) is 57.2 Å². The Kier molecular flexibility index (Phi) is 4.26. The van der Waals surface area contributed by atoms with Crippen LogP contribution in [-0.2, 0) is 0 Å². The Morgan fingerprint density at radius 1 is 1.25 bits per heavy atom. The monoisotopic (exact) mass is 224 g/mol. The number of rotatable bonds is 4. The predicted molar refractivity (Wildman–Crippen MR) is 69.7 cm³/mol. The first-order valence-electron chi connectivity index (χ1n) is 7.11. The summed E-state index contributed by atoms with van der Waals surface area (Å²) in [6.07, 6.45) is 8.61. The van der Waals surface area contributed by atoms with Gasteiger partial charge in [-0.25, -0.2) is 0 Å². The molecule has 1 aliphatic carbocycles. The van der Waals surface area contributed by atoms with Crippen LogP contribution in [0.25, 0.3) is 0 Å². The molecule has 0 radical (unpaired) electrons. The van der Waals surface area contributed by atoms with Crippen LogP contribution in [-0.4, -0.2) is 38.1 Å². The van der Waals surface area contributed by atoms with E-state index >= 15 is 0 Å². The quantitative estimate of drug-likeness (QED) is 0.789. The third kappa shape index (κ3) is 2.98. The van der Waals surface area contributed by atoms with Gasteiger partial charge in [-0.2, -0.15) is 0 Å². The maximum Gasteiger partial charge on any atom is 0.00502 e. The highest BCUT2D eigenvalue weighted by Gasteiger charge is 2.36. The van der Waals surface area contributed by atoms with Crippen LogP contribution in [0.3, 0.4) is 0 Å². The summed E-state index contributed by atoms with van der Waals surface area (Å²) in [4.78, 5) is 2.70. The molecule has 0 aromatic heterocycles. The van der Waals surface area contributed by atoms with Crippen molar-refractivity contribution in [1.29, 1.82) is 0 Å². The molecule has 1 saturated heterocycles. The summed E-state index contributed by atoms with van der Waals surface area (Å²) in [6, 6.07) is 0. The molecular formula is C14H28N2. The first kappa shape index (κ1) is 12.4. The molecule has 0 amide bonds. The van der Waals surface area contributed by atoms with E-state index in [4.69, 9.17) is 0 Å². The van der Waals surface area contributed by atoms with Crippen LogP contribution in [0, 0.1) is 11.3 Å². The van der Waals surface area contributed by atoms with E-state index in [1.165, 1.54) is 64.7 Å². The minimum absolute atomic E-state index is 0.580. The minimum atomic E-state index is 0.580. The van der Waals surface area contributed by atoms with Gasteiger partial charge in [0, 0.05) is 13.1 Å². The van der Waals surface area contributed by atoms with Gasteiger partial charge in [0.1, 0.15) is 0 Å². The number of nitrogens with zero attached hydrogens (tertiary/aromatic N) is 1. The summed E-state index contributed by atoms with van der Waals surface area (Å²) in [7, 11) is 2.12. The van der Waals surface area contributed by atoms with E-state index < -0.39 is 0 Å². The maximum absolute atomic E-state index is 3.45. The number of nitrogens with one attached hydrogen (secondary N) is 1. The van der Waals surface area contributed by atoms with Gasteiger partial charge in [0.2, 0.25) is 0 Å². The Morgan fingerprint density at radius 2 is 2.00 bits per heavy atom. The number of likely N-dealkylation sites (tertiary alicyclic amines) is 1. The molecule has 1 aliphatic heterocycles. The SMILES string of the molecule is CNCC1(CN2CCCC2)CCCC(C)C1. The van der Waals surface area contributed by atoms with Crippen LogP contribution in [0.2, 0.25) is 0 Å². The molecule has 0 aromatic rings. The second-order valence-electron chi connectivity index (χ2n) is 6.22. The molecule has 2 unspecified atom stereocenters. The zero-order valence-corrected chi connectivity index (χ0v) is 11.1. The van der Waals surface area contributed by atoms with E-state index in [1.807, 2.05) is 0 Å². The van der Waals surface area contributed by atoms with Crippen molar-refractivity contribution in [3.8, 4) is 0 Å². The highest BCUT2D eigenvalue weighted by Crippen LogP contribution is 2.40. The second-order valence-corrected chi connectivity index (χ2v) is 6.22. The first-order valence-corrected chi connectivity index (χ1v) is 7.11. The van der Waals surface area contributed by atoms with E-state index in [9.17, 15) is 0 Å². The molecule has 16 heavy (non-hydrogen) atoms. The number of hydrogen-bond acceptors (Lipinski definition) is 2. The Morgan fingerprint density at radius 3 is 2.62 bits per heavy atom. The van der Waals surface area contributed by atoms with Crippen molar-refractivity contribution in [1.82, 2.24) is 10.2 Å². The van der Waals surface area contributed by atoms with Gasteiger partial charge in [0.05, 0.1) is 0 Å². The van der Waals surface area contributed by atoms with Gasteiger partial charge in [-0.1, -0.05) is 19.8 Å². The molecule has 2 atom stereocenters. The molecule has 1 N–H and O–H groups in total. The third-order valence-corrected chi connectivity index (χ3v) is 4.49. The van der Waals surface area contributed by atoms with Gasteiger partial charge in [0.15, 0.2) is 0 Å². The van der Waals surface area contributed by atoms with Gasteiger partial charge in [-0.3, -0.25) is 0 Å². The Hall–Kier alpha value is -0.0800. The molecule has 2 nitrogen and oxygen atoms in total. The standard InChI is InChI=1S/C14H28N2/c1-13-6-5-7-14(10-13,11-15-2)12-16-8-3-4-9-16/h13,15H,3-12H2,1-2H3. The second kappa shape index (κ2) is 5.50. The molecule has 2 heteroatoms. The predicted octanol–water partition coefficient (Wildman–Crippen LogP) is 2.50. The Labute approximate surface area is 101 Å². The summed E-state index contributed by atoms with van der Waals surface area (Å²) in [5.74, 6) is 0.935. The zero-order chi connectivity index (χ0) is 11.4. The van der Waals surface area contributed by atoms with Crippen LogP contribution in [0.5, 0.6) is 0 Å². The van der Waals surface area contributed by atoms with Crippen LogP contribution in [0.15, 0.2) is 0 Å². The van der Waals surface area contributed by atoms with Crippen LogP contribution < -0.4 is 5.32 Å². The summed E-state index contributed by atoms with van der Waals surface area (Å²) in [6.45, 7) is 7.69. The van der Waals surface area contributed by atoms with E-state index in [2.05, 4.69) is 24.2 Å². The van der Waals surface area contributed by atoms with Crippen LogP contribution >= 0.6 is 0 Å². The average molecular weight is 224 g/mol. The van der Waals surface area contributed by atoms with Gasteiger partial charge in [0.25, 0.3) is 0 Å². The lowest BCUT2D eigenvalue weighted by Gasteiger charge is -2.42. The first-order chi connectivity index (χ1) is 7.74. The van der Waals surface area contributed by atoms with Crippen molar-refractivity contribution < 1.29 is 0 Å². The molecule has 0 bridgehead atoms. The summed E-state index contributed by atoms with van der Waals surface area (Å²) >= 11 is 0. The van der Waals surface area contributed by atoms with E-state index in [1.54, 1.807) is 0 Å². The summed E-state index contributed by atoms with van der Waals surface area (Å²) in [5, 5.41) is 3.45. The lowest BCUT2D eigenvalue weighted by Crippen LogP contribution is -2.45. The molecule has 0 aromatic carbocycles. The lowest BCUT2D eigenvalue weighted by molar-refractivity contribution is 0.0932. The molecule has 2 rings (SSSR count). The molecule has 1 heterocycles. The van der Waals surface area contributed by atoms with Gasteiger partial charge < -0.3 is 10.2 Å². The number of hydrogen-bond donors (Lipinski definition) is 1. The van der Waals surface area contributed by atoms with E-state index in [-0.39, 0.29) is 0 Å². The summed E-state index contributed by atoms with van der Waals surface area (Å²) < 4.78 is 0. The Bertz CT molecular complexity index is 207. The van der Waals surface area contributed by atoms with Crippen molar-refractivity contribution in [3.63, 3.8) is 0 Å². The van der Waals surface area contributed by atoms with Crippen LogP contribution in [0.4, 0.5) is 0 Å². The highest BCUT2D eigenvalue weighted by molar-refractivity contribution is 4.90. The van der Waals surface area contributed by atoms with Crippen molar-refractivity contribution in [2.24, 2.45) is 11.3 Å². The highest BCUT2D eigenvalue weighted by atomic mass is 15.1. The largest absolute Gasteiger partial charge is 0.319 e. The molecule has 0 spiro atoms. The summed E-state index contributed by atoms with van der Waals surface area (Å²) in [5.41, 5.74) is 0.580. The van der Waals surface area contributed by atoms with Crippen molar-refractivity contribution in [2.45, 2.75) is 45.4 Å². The van der Waals surface area contributed by atoms with E-state index in [0.717, 1.165) is 5.92 Å². The van der Waals surface area contributed by atoms with Crippen LogP contribution in [0.1, 0.15) is 45.4 Å². The molecular weight excluding hydrogens is 196 g/mol. The lowest BCUT2D eigenvalue weighted by atomic mass is 9.69. The smallest absolute Gasteiger partial charge is 0.00502 e. The molecule has 2 aliphatic rings. The van der Waals surface area contributed by atoms with Gasteiger partial charge >= 0.3 is 0 Å². The third-order valence-electron chi connectivity index (χ3n) is 4.49. The van der Waals surface area contributed by atoms with E-state index in [0.29, 0.717) is 5.41 Å². The maximum atomic E-state index is 3.45. The normalized spacial score (nSPS) is 36.8. The Balaban J connectivity index is 1.95. The van der Waals surface area contributed by atoms with Crippen molar-refractivity contribution in [2.75, 3.05) is 33.2 Å². The average Bonchev–Trinajstić information content (AvgIpc) is 2.70. The van der Waals surface area contributed by atoms with Crippen molar-refractivity contribution in [3.05, 3.63) is 0 Å². The minimum Gasteiger partial charge on any atom is -0.319 e. The fourth-order valence-electron chi connectivity index (χ4n) is 3.92. The molecule has 2 fully saturated rings. The topological polar surface area (TPSA) is 15.3 Å². The molecule has 94 valence electrons. The molecule has 1 saturated carbocycles. The van der Waals surface area contributed by atoms with Gasteiger partial charge in [-0.15, -0.1) is 0 Å². The fourth-order valence-corrected chi connectivity index (χ4v) is 3.92. The zero-order valence-electron chi connectivity index (χ0n) is 11.1.